The molecule has 1 aromatic carbocycles. The van der Waals surface area contributed by atoms with Gasteiger partial charge < -0.3 is 19.6 Å². The van der Waals surface area contributed by atoms with Gasteiger partial charge in [0, 0.05) is 19.0 Å². The van der Waals surface area contributed by atoms with E-state index in [0.29, 0.717) is 6.07 Å². The molecule has 0 heterocycles. The summed E-state index contributed by atoms with van der Waals surface area (Å²) in [6.07, 6.45) is -1.71. The molecular formula is C21H33F2NO5Si. The van der Waals surface area contributed by atoms with Crippen molar-refractivity contribution >= 4 is 20.2 Å². The fourth-order valence-corrected chi connectivity index (χ4v) is 3.71. The molecule has 0 radical (unpaired) electrons. The van der Waals surface area contributed by atoms with Crippen LogP contribution < -0.4 is 5.32 Å². The van der Waals surface area contributed by atoms with Gasteiger partial charge in [0.05, 0.1) is 11.7 Å². The third-order valence-corrected chi connectivity index (χ3v) is 9.42. The molecule has 1 amide bonds. The molecule has 1 rings (SSSR count). The number of hydrogen-bond donors (Lipinski definition) is 2. The normalized spacial score (nSPS) is 13.7. The van der Waals surface area contributed by atoms with Gasteiger partial charge >= 0.3 is 6.09 Å². The van der Waals surface area contributed by atoms with Gasteiger partial charge in [-0.2, -0.15) is 0 Å². The van der Waals surface area contributed by atoms with E-state index in [1.54, 1.807) is 20.8 Å². The van der Waals surface area contributed by atoms with Crippen LogP contribution in [0.3, 0.4) is 0 Å². The summed E-state index contributed by atoms with van der Waals surface area (Å²) in [6, 6.07) is 1.28. The highest BCUT2D eigenvalue weighted by Gasteiger charge is 2.40. The zero-order valence-electron chi connectivity index (χ0n) is 19.0. The number of nitrogens with one attached hydrogen (secondary N) is 1. The molecule has 2 N–H and O–H groups in total. The summed E-state index contributed by atoms with van der Waals surface area (Å²) >= 11 is 0. The Hall–Kier alpha value is -2.00. The Morgan fingerprint density at radius 2 is 1.70 bits per heavy atom. The van der Waals surface area contributed by atoms with Crippen LogP contribution in [0.4, 0.5) is 13.6 Å². The number of rotatable bonds is 7. The molecule has 0 saturated heterocycles. The molecule has 0 aromatic heterocycles. The molecule has 0 fully saturated rings. The van der Waals surface area contributed by atoms with Crippen LogP contribution in [0.2, 0.25) is 18.1 Å². The summed E-state index contributed by atoms with van der Waals surface area (Å²) in [5, 5.41) is 12.2. The van der Waals surface area contributed by atoms with Crippen LogP contribution in [-0.4, -0.2) is 43.6 Å². The third kappa shape index (κ3) is 7.68. The molecular weight excluding hydrogens is 412 g/mol. The second-order valence-electron chi connectivity index (χ2n) is 9.79. The number of phenolic OH excluding ortho intramolecular Hbond substituents is 1. The first-order valence-electron chi connectivity index (χ1n) is 9.79. The van der Waals surface area contributed by atoms with Gasteiger partial charge in [0.15, 0.2) is 25.7 Å². The third-order valence-electron chi connectivity index (χ3n) is 4.88. The van der Waals surface area contributed by atoms with Crippen LogP contribution in [0.25, 0.3) is 0 Å². The van der Waals surface area contributed by atoms with E-state index in [9.17, 15) is 23.5 Å². The minimum absolute atomic E-state index is 0.0360. The monoisotopic (exact) mass is 445 g/mol. The number of carbonyl (C=O) groups is 2. The molecule has 6 nitrogen and oxygen atoms in total. The highest BCUT2D eigenvalue weighted by atomic mass is 28.4. The minimum atomic E-state index is -2.35. The Morgan fingerprint density at radius 3 is 2.20 bits per heavy atom. The molecule has 0 spiro atoms. The van der Waals surface area contributed by atoms with Crippen molar-refractivity contribution < 1.29 is 32.6 Å². The summed E-state index contributed by atoms with van der Waals surface area (Å²) in [6.45, 7) is 15.2. The van der Waals surface area contributed by atoms with Gasteiger partial charge in [-0.25, -0.2) is 13.6 Å². The summed E-state index contributed by atoms with van der Waals surface area (Å²) in [7, 11) is -2.35. The Balaban J connectivity index is 3.06. The Bertz CT molecular complexity index is 785. The molecule has 9 heteroatoms. The molecule has 0 saturated carbocycles. The van der Waals surface area contributed by atoms with Gasteiger partial charge in [0.1, 0.15) is 11.4 Å². The molecule has 0 unspecified atom stereocenters. The van der Waals surface area contributed by atoms with E-state index in [2.05, 4.69) is 5.32 Å². The number of ether oxygens (including phenoxy) is 1. The number of phenols is 1. The van der Waals surface area contributed by atoms with Crippen LogP contribution in [-0.2, 0) is 9.16 Å². The minimum Gasteiger partial charge on any atom is -0.504 e. The number of halogens is 2. The second kappa shape index (κ2) is 9.43. The van der Waals surface area contributed by atoms with Crippen LogP contribution in [0, 0.1) is 11.6 Å². The molecule has 1 atom stereocenters. The van der Waals surface area contributed by atoms with Crippen molar-refractivity contribution in [2.75, 3.05) is 6.54 Å². The average molecular weight is 446 g/mol. The number of ketones is 1. The topological polar surface area (TPSA) is 84.9 Å². The SMILES string of the molecule is CC(C)(C)OC(=O)NC[C@@H](CC(=O)c1cc(F)cc(F)c1O)O[Si](C)(C)C(C)(C)C. The van der Waals surface area contributed by atoms with E-state index in [1.807, 2.05) is 33.9 Å². The summed E-state index contributed by atoms with van der Waals surface area (Å²) in [4.78, 5) is 24.7. The summed E-state index contributed by atoms with van der Waals surface area (Å²) < 4.78 is 38.6. The maximum atomic E-state index is 13.6. The summed E-state index contributed by atoms with van der Waals surface area (Å²) in [5.74, 6) is -3.79. The zero-order chi connectivity index (χ0) is 23.5. The van der Waals surface area contributed by atoms with Crippen LogP contribution in [0.1, 0.15) is 58.3 Å². The number of hydrogen-bond acceptors (Lipinski definition) is 5. The summed E-state index contributed by atoms with van der Waals surface area (Å²) in [5.41, 5.74) is -1.16. The number of amides is 1. The van der Waals surface area contributed by atoms with Gasteiger partial charge in [-0.15, -0.1) is 0 Å². The fourth-order valence-electron chi connectivity index (χ4n) is 2.36. The van der Waals surface area contributed by atoms with Gasteiger partial charge in [-0.05, 0) is 45.0 Å². The first-order valence-corrected chi connectivity index (χ1v) is 12.7. The molecule has 0 aliphatic carbocycles. The van der Waals surface area contributed by atoms with Gasteiger partial charge in [0.2, 0.25) is 0 Å². The first-order chi connectivity index (χ1) is 13.4. The maximum absolute atomic E-state index is 13.6. The van der Waals surface area contributed by atoms with Gasteiger partial charge in [0.25, 0.3) is 0 Å². The van der Waals surface area contributed by atoms with Crippen molar-refractivity contribution in [3.63, 3.8) is 0 Å². The van der Waals surface area contributed by atoms with E-state index in [1.165, 1.54) is 0 Å². The molecule has 30 heavy (non-hydrogen) atoms. The van der Waals surface area contributed by atoms with E-state index in [-0.39, 0.29) is 18.0 Å². The lowest BCUT2D eigenvalue weighted by Crippen LogP contribution is -2.48. The van der Waals surface area contributed by atoms with Crippen LogP contribution >= 0.6 is 0 Å². The smallest absolute Gasteiger partial charge is 0.407 e. The largest absolute Gasteiger partial charge is 0.504 e. The quantitative estimate of drug-likeness (QED) is 0.447. The first kappa shape index (κ1) is 26.0. The highest BCUT2D eigenvalue weighted by Crippen LogP contribution is 2.38. The number of Topliss-reactive ketones (excluding diaryl/α,β-unsaturated/α-hetero) is 1. The van der Waals surface area contributed by atoms with Crippen molar-refractivity contribution in [3.8, 4) is 5.75 Å². The molecule has 1 aromatic rings. The molecule has 0 bridgehead atoms. The second-order valence-corrected chi connectivity index (χ2v) is 14.6. The number of benzene rings is 1. The van der Waals surface area contributed by atoms with E-state index in [0.717, 1.165) is 6.07 Å². The van der Waals surface area contributed by atoms with Crippen molar-refractivity contribution in [2.24, 2.45) is 0 Å². The van der Waals surface area contributed by atoms with Gasteiger partial charge in [-0.3, -0.25) is 4.79 Å². The zero-order valence-corrected chi connectivity index (χ0v) is 20.0. The van der Waals surface area contributed by atoms with E-state index in [4.69, 9.17) is 9.16 Å². The lowest BCUT2D eigenvalue weighted by molar-refractivity contribution is 0.0488. The van der Waals surface area contributed by atoms with Crippen LogP contribution in [0.15, 0.2) is 12.1 Å². The van der Waals surface area contributed by atoms with Crippen molar-refractivity contribution in [2.45, 2.75) is 77.8 Å². The lowest BCUT2D eigenvalue weighted by atomic mass is 10.0. The average Bonchev–Trinajstić information content (AvgIpc) is 2.52. The molecule has 0 aliphatic heterocycles. The molecule has 0 aliphatic rings. The Morgan fingerprint density at radius 1 is 1.13 bits per heavy atom. The highest BCUT2D eigenvalue weighted by molar-refractivity contribution is 6.74. The van der Waals surface area contributed by atoms with E-state index >= 15 is 0 Å². The van der Waals surface area contributed by atoms with Crippen molar-refractivity contribution in [1.82, 2.24) is 5.32 Å². The Kier molecular flexibility index (Phi) is 8.18. The molecule has 170 valence electrons. The lowest BCUT2D eigenvalue weighted by Gasteiger charge is -2.39. The van der Waals surface area contributed by atoms with Gasteiger partial charge in [-0.1, -0.05) is 20.8 Å². The standard InChI is InChI=1S/C21H33F2NO5Si/c1-20(2,3)28-19(27)24-12-14(29-30(7,8)21(4,5)6)11-17(25)15-9-13(22)10-16(23)18(15)26/h9-10,14,26H,11-12H2,1-8H3,(H,24,27)/t14-/m1/s1. The van der Waals surface area contributed by atoms with E-state index < -0.39 is 54.8 Å². The maximum Gasteiger partial charge on any atom is 0.407 e. The number of carbonyl (C=O) groups excluding carboxylic acids is 2. The van der Waals surface area contributed by atoms with Crippen molar-refractivity contribution in [1.29, 1.82) is 0 Å². The number of aromatic hydroxyl groups is 1. The number of alkyl carbamates (subject to hydrolysis) is 1. The predicted octanol–water partition coefficient (Wildman–Crippen LogP) is 5.16. The fraction of sp³-hybridized carbons (Fsp3) is 0.619. The predicted molar refractivity (Wildman–Crippen MR) is 113 cm³/mol. The van der Waals surface area contributed by atoms with Crippen LogP contribution in [0.5, 0.6) is 5.75 Å². The van der Waals surface area contributed by atoms with Crippen molar-refractivity contribution in [3.05, 3.63) is 29.3 Å². The Labute approximate surface area is 178 Å².